The number of fused-ring (bicyclic) bond motifs is 1. The number of nitrogens with zero attached hydrogens (tertiary/aromatic N) is 2. The Hall–Kier alpha value is -2.23. The van der Waals surface area contributed by atoms with E-state index in [-0.39, 0.29) is 11.2 Å². The van der Waals surface area contributed by atoms with Crippen LogP contribution in [-0.4, -0.2) is 74.9 Å². The van der Waals surface area contributed by atoms with Crippen molar-refractivity contribution in [1.29, 1.82) is 0 Å². The van der Waals surface area contributed by atoms with Crippen LogP contribution in [0.15, 0.2) is 12.7 Å². The van der Waals surface area contributed by atoms with Crippen LogP contribution in [0, 0.1) is 0 Å². The first-order chi connectivity index (χ1) is 16.7. The average Bonchev–Trinajstić information content (AvgIpc) is 3.25. The van der Waals surface area contributed by atoms with E-state index in [1.54, 1.807) is 53.3 Å². The normalized spacial score (nSPS) is 21.8. The highest BCUT2D eigenvalue weighted by Crippen LogP contribution is 2.42. The van der Waals surface area contributed by atoms with Gasteiger partial charge in [0.1, 0.15) is 11.2 Å². The van der Waals surface area contributed by atoms with Crippen molar-refractivity contribution < 1.29 is 33.4 Å². The van der Waals surface area contributed by atoms with Crippen LogP contribution in [0.3, 0.4) is 0 Å². The number of ether oxygens (including phenoxy) is 3. The second-order valence-corrected chi connectivity index (χ2v) is 12.4. The lowest BCUT2D eigenvalue weighted by atomic mass is 10.0. The monoisotopic (exact) mass is 526 g/mol. The van der Waals surface area contributed by atoms with E-state index < -0.39 is 41.5 Å². The van der Waals surface area contributed by atoms with Crippen molar-refractivity contribution in [2.24, 2.45) is 0 Å². The number of esters is 1. The summed E-state index contributed by atoms with van der Waals surface area (Å²) >= 11 is 1.62. The Morgan fingerprint density at radius 1 is 0.972 bits per heavy atom. The molecule has 0 aromatic rings. The number of carbonyl (C=O) groups is 4. The Morgan fingerprint density at radius 2 is 1.58 bits per heavy atom. The van der Waals surface area contributed by atoms with Crippen molar-refractivity contribution in [3.63, 3.8) is 0 Å². The van der Waals surface area contributed by atoms with E-state index in [0.717, 1.165) is 35.5 Å². The minimum Gasteiger partial charge on any atom is -0.466 e. The highest BCUT2D eigenvalue weighted by molar-refractivity contribution is 8.00. The number of thioether (sulfide) groups is 1. The molecule has 2 saturated heterocycles. The quantitative estimate of drug-likeness (QED) is 0.114. The molecule has 2 rings (SSSR count). The van der Waals surface area contributed by atoms with Gasteiger partial charge in [-0.2, -0.15) is 11.8 Å². The average molecular weight is 527 g/mol. The smallest absolute Gasteiger partial charge is 0.418 e. The van der Waals surface area contributed by atoms with Crippen LogP contribution in [0.1, 0.15) is 86.5 Å². The van der Waals surface area contributed by atoms with Crippen LogP contribution < -0.4 is 0 Å². The maximum Gasteiger partial charge on any atom is 0.418 e. The summed E-state index contributed by atoms with van der Waals surface area (Å²) in [5, 5.41) is -0.0752. The molecule has 0 saturated carbocycles. The fourth-order valence-electron chi connectivity index (χ4n) is 4.17. The molecule has 3 atom stereocenters. The molecule has 2 fully saturated rings. The van der Waals surface area contributed by atoms with Crippen LogP contribution >= 0.6 is 11.8 Å². The molecule has 0 aromatic carbocycles. The van der Waals surface area contributed by atoms with E-state index in [1.807, 2.05) is 6.08 Å². The van der Waals surface area contributed by atoms with E-state index in [0.29, 0.717) is 31.6 Å². The van der Waals surface area contributed by atoms with Gasteiger partial charge in [-0.25, -0.2) is 24.2 Å². The van der Waals surface area contributed by atoms with Gasteiger partial charge in [0.15, 0.2) is 0 Å². The van der Waals surface area contributed by atoms with Gasteiger partial charge in [0.05, 0.1) is 18.7 Å². The van der Waals surface area contributed by atoms with E-state index in [1.165, 1.54) is 0 Å². The lowest BCUT2D eigenvalue weighted by molar-refractivity contribution is -0.143. The van der Waals surface area contributed by atoms with E-state index in [9.17, 15) is 19.2 Å². The molecule has 0 spiro atoms. The lowest BCUT2D eigenvalue weighted by Crippen LogP contribution is -2.47. The molecule has 2 aliphatic rings. The number of allylic oxidation sites excluding steroid dienone is 1. The summed E-state index contributed by atoms with van der Waals surface area (Å²) in [6.45, 7) is 14.5. The Morgan fingerprint density at radius 3 is 2.17 bits per heavy atom. The summed E-state index contributed by atoms with van der Waals surface area (Å²) in [7, 11) is 0. The molecule has 10 heteroatoms. The summed E-state index contributed by atoms with van der Waals surface area (Å²) in [5.74, 6) is 0.292. The molecule has 204 valence electrons. The summed E-state index contributed by atoms with van der Waals surface area (Å²) in [4.78, 5) is 53.3. The predicted octanol–water partition coefficient (Wildman–Crippen LogP) is 5.91. The SMILES string of the molecule is C=CCCCCOC(=O)CCCC[C@@H]1SC[C@H]2[C@@H]1N(C(=O)OC(C)(C)C)C(=O)N2C(=O)OC(C)(C)C. The lowest BCUT2D eigenvalue weighted by Gasteiger charge is -2.28. The zero-order chi connectivity index (χ0) is 27.1. The van der Waals surface area contributed by atoms with E-state index >= 15 is 0 Å². The number of rotatable bonds is 10. The standard InChI is InChI=1S/C26H42N2O7S/c1-8-9-10-13-16-33-20(29)15-12-11-14-19-21-18(17-36-19)27(23(31)34-25(2,3)4)22(30)28(21)24(32)35-26(5,6)7/h8,18-19,21H,1,9-17H2,2-7H3/t18-,19-,21-/m0/s1. The Kier molecular flexibility index (Phi) is 10.7. The minimum atomic E-state index is -0.792. The topological polar surface area (TPSA) is 102 Å². The van der Waals surface area contributed by atoms with Crippen molar-refractivity contribution in [2.75, 3.05) is 12.4 Å². The van der Waals surface area contributed by atoms with Gasteiger partial charge in [-0.15, -0.1) is 6.58 Å². The second kappa shape index (κ2) is 12.8. The molecule has 0 bridgehead atoms. The number of hydrogen-bond donors (Lipinski definition) is 0. The van der Waals surface area contributed by atoms with Gasteiger partial charge in [-0.3, -0.25) is 4.79 Å². The maximum absolute atomic E-state index is 13.3. The molecule has 4 amide bonds. The van der Waals surface area contributed by atoms with Gasteiger partial charge in [0.2, 0.25) is 0 Å². The van der Waals surface area contributed by atoms with Gasteiger partial charge in [-0.1, -0.05) is 12.5 Å². The minimum absolute atomic E-state index is 0.0752. The summed E-state index contributed by atoms with van der Waals surface area (Å²) in [6.07, 6.45) is 5.40. The summed E-state index contributed by atoms with van der Waals surface area (Å²) < 4.78 is 16.2. The number of unbranched alkanes of at least 4 members (excludes halogenated alkanes) is 3. The van der Waals surface area contributed by atoms with Gasteiger partial charge < -0.3 is 14.2 Å². The van der Waals surface area contributed by atoms with Crippen LogP contribution in [0.25, 0.3) is 0 Å². The highest BCUT2D eigenvalue weighted by atomic mass is 32.2. The second-order valence-electron chi connectivity index (χ2n) is 11.2. The summed E-state index contributed by atoms with van der Waals surface area (Å²) in [6, 6.07) is -1.71. The predicted molar refractivity (Wildman–Crippen MR) is 139 cm³/mol. The maximum atomic E-state index is 13.3. The van der Waals surface area contributed by atoms with Gasteiger partial charge in [-0.05, 0) is 73.6 Å². The molecular formula is C26H42N2O7S. The zero-order valence-electron chi connectivity index (χ0n) is 22.5. The van der Waals surface area contributed by atoms with Crippen molar-refractivity contribution >= 4 is 35.9 Å². The van der Waals surface area contributed by atoms with Crippen molar-refractivity contribution in [3.05, 3.63) is 12.7 Å². The van der Waals surface area contributed by atoms with Gasteiger partial charge in [0.25, 0.3) is 0 Å². The molecule has 0 aliphatic carbocycles. The Balaban J connectivity index is 2.01. The van der Waals surface area contributed by atoms with Crippen LogP contribution in [0.2, 0.25) is 0 Å². The van der Waals surface area contributed by atoms with Crippen molar-refractivity contribution in [3.8, 4) is 0 Å². The van der Waals surface area contributed by atoms with E-state index in [2.05, 4.69) is 6.58 Å². The fourth-order valence-corrected chi connectivity index (χ4v) is 5.80. The first-order valence-corrected chi connectivity index (χ1v) is 13.8. The number of urea groups is 1. The molecule has 0 N–H and O–H groups in total. The Bertz CT molecular complexity index is 818. The largest absolute Gasteiger partial charge is 0.466 e. The van der Waals surface area contributed by atoms with Gasteiger partial charge >= 0.3 is 24.2 Å². The van der Waals surface area contributed by atoms with Crippen LogP contribution in [0.5, 0.6) is 0 Å². The molecular weight excluding hydrogens is 484 g/mol. The third-order valence-electron chi connectivity index (χ3n) is 5.66. The van der Waals surface area contributed by atoms with Crippen molar-refractivity contribution in [2.45, 2.75) is 115 Å². The molecule has 2 aliphatic heterocycles. The molecule has 36 heavy (non-hydrogen) atoms. The summed E-state index contributed by atoms with van der Waals surface area (Å²) in [5.41, 5.74) is -1.57. The third-order valence-corrected chi connectivity index (χ3v) is 7.14. The molecule has 0 radical (unpaired) electrons. The first kappa shape index (κ1) is 30.0. The highest BCUT2D eigenvalue weighted by Gasteiger charge is 2.59. The van der Waals surface area contributed by atoms with Gasteiger partial charge in [0, 0.05) is 17.4 Å². The Labute approximate surface area is 219 Å². The molecule has 0 aromatic heterocycles. The first-order valence-electron chi connectivity index (χ1n) is 12.7. The molecule has 9 nitrogen and oxygen atoms in total. The van der Waals surface area contributed by atoms with Crippen LogP contribution in [0.4, 0.5) is 14.4 Å². The number of amides is 4. The van der Waals surface area contributed by atoms with Crippen molar-refractivity contribution in [1.82, 2.24) is 9.80 Å². The fraction of sp³-hybridized carbons (Fsp3) is 0.769. The molecule has 0 unspecified atom stereocenters. The zero-order valence-corrected chi connectivity index (χ0v) is 23.4. The number of carbonyl (C=O) groups excluding carboxylic acids is 4. The molecule has 2 heterocycles. The number of hydrogen-bond acceptors (Lipinski definition) is 8. The van der Waals surface area contributed by atoms with Crippen LogP contribution in [-0.2, 0) is 19.0 Å². The number of imide groups is 2. The third kappa shape index (κ3) is 8.71. The van der Waals surface area contributed by atoms with E-state index in [4.69, 9.17) is 14.2 Å².